The summed E-state index contributed by atoms with van der Waals surface area (Å²) in [6.45, 7) is 0.687. The number of carbonyl (C=O) groups is 1. The van der Waals surface area contributed by atoms with Crippen LogP contribution in [0.5, 0.6) is 0 Å². The van der Waals surface area contributed by atoms with Crippen LogP contribution in [0.25, 0.3) is 11.0 Å². The van der Waals surface area contributed by atoms with E-state index in [1.165, 1.54) is 0 Å². The highest BCUT2D eigenvalue weighted by molar-refractivity contribution is 6.14. The van der Waals surface area contributed by atoms with Crippen molar-refractivity contribution in [1.29, 1.82) is 0 Å². The summed E-state index contributed by atoms with van der Waals surface area (Å²) in [6, 6.07) is 5.47. The van der Waals surface area contributed by atoms with Gasteiger partial charge in [-0.1, -0.05) is 6.07 Å². The maximum Gasteiger partial charge on any atom is 0.194 e. The van der Waals surface area contributed by atoms with Gasteiger partial charge in [0.05, 0.1) is 29.5 Å². The number of ketones is 1. The van der Waals surface area contributed by atoms with Crippen molar-refractivity contribution in [1.82, 2.24) is 9.97 Å². The molecule has 1 aliphatic rings. The Hall–Kier alpha value is -2.23. The van der Waals surface area contributed by atoms with Crippen molar-refractivity contribution < 1.29 is 9.53 Å². The second-order valence-corrected chi connectivity index (χ2v) is 4.18. The average Bonchev–Trinajstić information content (AvgIpc) is 2.47. The summed E-state index contributed by atoms with van der Waals surface area (Å²) < 4.78 is 5.22. The Balaban J connectivity index is 2.09. The van der Waals surface area contributed by atoms with Crippen LogP contribution < -0.4 is 0 Å². The van der Waals surface area contributed by atoms with E-state index in [0.29, 0.717) is 23.3 Å². The number of nitrogens with zero attached hydrogens (tertiary/aromatic N) is 2. The molecule has 18 heavy (non-hydrogen) atoms. The van der Waals surface area contributed by atoms with Crippen LogP contribution in [0, 0.1) is 0 Å². The third kappa shape index (κ3) is 1.86. The topological polar surface area (TPSA) is 52.1 Å². The summed E-state index contributed by atoms with van der Waals surface area (Å²) >= 11 is 0. The first kappa shape index (κ1) is 10.9. The first-order valence-corrected chi connectivity index (χ1v) is 5.91. The SMILES string of the molecule is O=C(C1=COCCC1)c1cccc2nccnc12. The van der Waals surface area contributed by atoms with E-state index in [1.807, 2.05) is 12.1 Å². The number of rotatable bonds is 2. The number of fused-ring (bicyclic) bond motifs is 1. The van der Waals surface area contributed by atoms with Gasteiger partial charge in [-0.2, -0.15) is 0 Å². The zero-order chi connectivity index (χ0) is 12.4. The zero-order valence-electron chi connectivity index (χ0n) is 9.80. The predicted octanol–water partition coefficient (Wildman–Crippen LogP) is 2.51. The largest absolute Gasteiger partial charge is 0.501 e. The molecule has 0 atom stereocenters. The molecule has 0 aliphatic carbocycles. The van der Waals surface area contributed by atoms with Crippen LogP contribution >= 0.6 is 0 Å². The minimum absolute atomic E-state index is 0.0131. The Morgan fingerprint density at radius 2 is 2.11 bits per heavy atom. The molecule has 2 aromatic rings. The Kier molecular flexibility index (Phi) is 2.76. The van der Waals surface area contributed by atoms with Gasteiger partial charge >= 0.3 is 0 Å². The second kappa shape index (κ2) is 4.56. The number of para-hydroxylation sites is 1. The van der Waals surface area contributed by atoms with Crippen LogP contribution in [0.4, 0.5) is 0 Å². The third-order valence-corrected chi connectivity index (χ3v) is 2.97. The van der Waals surface area contributed by atoms with Gasteiger partial charge in [0, 0.05) is 18.0 Å². The van der Waals surface area contributed by atoms with E-state index < -0.39 is 0 Å². The van der Waals surface area contributed by atoms with Gasteiger partial charge in [0.25, 0.3) is 0 Å². The summed E-state index contributed by atoms with van der Waals surface area (Å²) in [4.78, 5) is 20.8. The van der Waals surface area contributed by atoms with Crippen molar-refractivity contribution in [2.75, 3.05) is 6.61 Å². The Morgan fingerprint density at radius 1 is 1.22 bits per heavy atom. The van der Waals surface area contributed by atoms with Crippen LogP contribution in [0.3, 0.4) is 0 Å². The highest BCUT2D eigenvalue weighted by Gasteiger charge is 2.18. The number of allylic oxidation sites excluding steroid dienone is 1. The van der Waals surface area contributed by atoms with E-state index in [1.54, 1.807) is 24.7 Å². The molecule has 0 unspecified atom stereocenters. The van der Waals surface area contributed by atoms with Gasteiger partial charge in [-0.15, -0.1) is 0 Å². The van der Waals surface area contributed by atoms with E-state index in [-0.39, 0.29) is 5.78 Å². The lowest BCUT2D eigenvalue weighted by Crippen LogP contribution is -2.10. The summed E-state index contributed by atoms with van der Waals surface area (Å²) in [5.74, 6) is -0.0131. The predicted molar refractivity (Wildman–Crippen MR) is 67.1 cm³/mol. The smallest absolute Gasteiger partial charge is 0.194 e. The maximum atomic E-state index is 12.4. The molecule has 1 aromatic carbocycles. The van der Waals surface area contributed by atoms with E-state index in [0.717, 1.165) is 18.4 Å². The number of benzene rings is 1. The Labute approximate surface area is 104 Å². The van der Waals surface area contributed by atoms with Crippen molar-refractivity contribution in [3.63, 3.8) is 0 Å². The summed E-state index contributed by atoms with van der Waals surface area (Å²) in [7, 11) is 0. The number of hydrogen-bond donors (Lipinski definition) is 0. The van der Waals surface area contributed by atoms with Crippen LogP contribution in [0.15, 0.2) is 42.4 Å². The Morgan fingerprint density at radius 3 is 2.94 bits per heavy atom. The molecule has 3 rings (SSSR count). The molecular weight excluding hydrogens is 228 g/mol. The van der Waals surface area contributed by atoms with Crippen molar-refractivity contribution in [3.05, 3.63) is 48.0 Å². The highest BCUT2D eigenvalue weighted by Crippen LogP contribution is 2.21. The van der Waals surface area contributed by atoms with Crippen LogP contribution in [0.1, 0.15) is 23.2 Å². The van der Waals surface area contributed by atoms with Crippen LogP contribution in [-0.4, -0.2) is 22.4 Å². The summed E-state index contributed by atoms with van der Waals surface area (Å²) in [5, 5.41) is 0. The fourth-order valence-electron chi connectivity index (χ4n) is 2.08. The van der Waals surface area contributed by atoms with Crippen molar-refractivity contribution >= 4 is 16.8 Å². The Bertz CT molecular complexity index is 629. The molecule has 2 heterocycles. The van der Waals surface area contributed by atoms with Crippen LogP contribution in [0.2, 0.25) is 0 Å². The molecule has 0 radical (unpaired) electrons. The lowest BCUT2D eigenvalue weighted by molar-refractivity contribution is 0.101. The second-order valence-electron chi connectivity index (χ2n) is 4.18. The first-order chi connectivity index (χ1) is 8.86. The van der Waals surface area contributed by atoms with E-state index in [4.69, 9.17) is 4.74 Å². The van der Waals surface area contributed by atoms with Gasteiger partial charge in [0.1, 0.15) is 0 Å². The molecule has 0 amide bonds. The summed E-state index contributed by atoms with van der Waals surface area (Å²) in [6.07, 6.45) is 6.44. The van der Waals surface area contributed by atoms with Crippen molar-refractivity contribution in [2.45, 2.75) is 12.8 Å². The molecule has 1 aliphatic heterocycles. The average molecular weight is 240 g/mol. The van der Waals surface area contributed by atoms with E-state index >= 15 is 0 Å². The molecular formula is C14H12N2O2. The van der Waals surface area contributed by atoms with E-state index in [2.05, 4.69) is 9.97 Å². The van der Waals surface area contributed by atoms with Gasteiger partial charge in [-0.25, -0.2) is 0 Å². The normalized spacial score (nSPS) is 15.0. The third-order valence-electron chi connectivity index (χ3n) is 2.97. The van der Waals surface area contributed by atoms with Gasteiger partial charge in [0.2, 0.25) is 0 Å². The maximum absolute atomic E-state index is 12.4. The number of carbonyl (C=O) groups excluding carboxylic acids is 1. The molecule has 0 N–H and O–H groups in total. The molecule has 0 bridgehead atoms. The summed E-state index contributed by atoms with van der Waals surface area (Å²) in [5.41, 5.74) is 2.69. The molecule has 4 heteroatoms. The van der Waals surface area contributed by atoms with Crippen LogP contribution in [-0.2, 0) is 4.74 Å². The molecule has 90 valence electrons. The lowest BCUT2D eigenvalue weighted by Gasteiger charge is -2.13. The number of Topliss-reactive ketones (excluding diaryl/α,β-unsaturated/α-hetero) is 1. The molecule has 0 spiro atoms. The highest BCUT2D eigenvalue weighted by atomic mass is 16.5. The monoisotopic (exact) mass is 240 g/mol. The lowest BCUT2D eigenvalue weighted by atomic mass is 9.98. The van der Waals surface area contributed by atoms with Gasteiger partial charge in [-0.3, -0.25) is 14.8 Å². The minimum atomic E-state index is -0.0131. The van der Waals surface area contributed by atoms with E-state index in [9.17, 15) is 4.79 Å². The fraction of sp³-hybridized carbons (Fsp3) is 0.214. The molecule has 1 aromatic heterocycles. The minimum Gasteiger partial charge on any atom is -0.501 e. The van der Waals surface area contributed by atoms with Crippen molar-refractivity contribution in [2.24, 2.45) is 0 Å². The van der Waals surface area contributed by atoms with Crippen molar-refractivity contribution in [3.8, 4) is 0 Å². The quantitative estimate of drug-likeness (QED) is 0.757. The molecule has 0 saturated heterocycles. The fourth-order valence-corrected chi connectivity index (χ4v) is 2.08. The first-order valence-electron chi connectivity index (χ1n) is 5.91. The van der Waals surface area contributed by atoms with Gasteiger partial charge in [0.15, 0.2) is 5.78 Å². The molecule has 0 fully saturated rings. The van der Waals surface area contributed by atoms with Gasteiger partial charge in [-0.05, 0) is 25.0 Å². The number of hydrogen-bond acceptors (Lipinski definition) is 4. The number of ether oxygens (including phenoxy) is 1. The molecule has 4 nitrogen and oxygen atoms in total. The zero-order valence-corrected chi connectivity index (χ0v) is 9.80. The number of aromatic nitrogens is 2. The molecule has 0 saturated carbocycles. The van der Waals surface area contributed by atoms with Gasteiger partial charge < -0.3 is 4.74 Å². The standard InChI is InChI=1S/C14H12N2O2/c17-14(10-3-2-8-18-9-10)11-4-1-5-12-13(11)16-7-6-15-12/h1,4-7,9H,2-3,8H2.